The molecule has 1 saturated heterocycles. The summed E-state index contributed by atoms with van der Waals surface area (Å²) in [6.45, 7) is 10.5. The molecule has 2 bridgehead atoms. The molecule has 1 fully saturated rings. The predicted octanol–water partition coefficient (Wildman–Crippen LogP) is 4.46. The number of hydrogen-bond acceptors (Lipinski definition) is 5. The van der Waals surface area contributed by atoms with Gasteiger partial charge in [-0.3, -0.25) is 0 Å². The smallest absolute Gasteiger partial charge is 0.407 e. The fourth-order valence-electron chi connectivity index (χ4n) is 5.13. The molecule has 0 unspecified atom stereocenters. The van der Waals surface area contributed by atoms with Crippen molar-refractivity contribution in [3.8, 4) is 11.5 Å². The Morgan fingerprint density at radius 3 is 2.86 bits per heavy atom. The van der Waals surface area contributed by atoms with Crippen LogP contribution in [0.15, 0.2) is 29.8 Å². The summed E-state index contributed by atoms with van der Waals surface area (Å²) in [7, 11) is 0. The van der Waals surface area contributed by atoms with Gasteiger partial charge in [0.2, 0.25) is 6.79 Å². The molecule has 1 aromatic carbocycles. The first-order valence-electron chi connectivity index (χ1n) is 10.6. The van der Waals surface area contributed by atoms with Crippen molar-refractivity contribution < 1.29 is 23.7 Å². The van der Waals surface area contributed by atoms with Crippen LogP contribution in [-0.4, -0.2) is 32.6 Å². The number of rotatable bonds is 5. The summed E-state index contributed by atoms with van der Waals surface area (Å²) < 4.78 is 23.1. The van der Waals surface area contributed by atoms with E-state index in [0.717, 1.165) is 23.5 Å². The van der Waals surface area contributed by atoms with Crippen LogP contribution in [0, 0.1) is 23.2 Å². The highest BCUT2D eigenvalue weighted by molar-refractivity contribution is 5.67. The third kappa shape index (κ3) is 3.48. The molecular formula is C23H31NO5. The lowest BCUT2D eigenvalue weighted by Gasteiger charge is -2.55. The van der Waals surface area contributed by atoms with Crippen molar-refractivity contribution in [2.75, 3.05) is 26.6 Å². The number of carbonyl (C=O) groups is 1. The maximum absolute atomic E-state index is 12.1. The van der Waals surface area contributed by atoms with Crippen molar-refractivity contribution in [1.29, 1.82) is 0 Å². The second-order valence-electron chi connectivity index (χ2n) is 8.59. The molecule has 0 aromatic heterocycles. The van der Waals surface area contributed by atoms with Crippen LogP contribution < -0.4 is 14.8 Å². The molecule has 1 aromatic rings. The molecule has 2 aliphatic heterocycles. The highest BCUT2D eigenvalue weighted by atomic mass is 16.7. The molecule has 0 spiro atoms. The van der Waals surface area contributed by atoms with Gasteiger partial charge in [0.25, 0.3) is 0 Å². The predicted molar refractivity (Wildman–Crippen MR) is 109 cm³/mol. The zero-order valence-electron chi connectivity index (χ0n) is 17.7. The van der Waals surface area contributed by atoms with Gasteiger partial charge >= 0.3 is 6.09 Å². The molecule has 0 saturated carbocycles. The normalized spacial score (nSPS) is 32.5. The van der Waals surface area contributed by atoms with Gasteiger partial charge in [-0.2, -0.15) is 0 Å². The first-order chi connectivity index (χ1) is 14.0. The molecule has 158 valence electrons. The Balaban J connectivity index is 1.57. The molecule has 2 heterocycles. The molecule has 1 N–H and O–H groups in total. The second-order valence-corrected chi connectivity index (χ2v) is 8.59. The SMILES string of the molecule is CCCNC(=O)OC[C@]12CO[C@@H](c3ccc4c(c3)OCO4)[C@H](C(C)=C[C@@H]1C)[C@@H]2C. The summed E-state index contributed by atoms with van der Waals surface area (Å²) in [6, 6.07) is 6.06. The number of carbonyl (C=O) groups excluding carboxylic acids is 1. The number of benzene rings is 1. The summed E-state index contributed by atoms with van der Waals surface area (Å²) >= 11 is 0. The molecule has 6 nitrogen and oxygen atoms in total. The summed E-state index contributed by atoms with van der Waals surface area (Å²) in [6.07, 6.45) is 2.82. The lowest BCUT2D eigenvalue weighted by molar-refractivity contribution is -0.165. The maximum Gasteiger partial charge on any atom is 0.407 e. The van der Waals surface area contributed by atoms with Crippen molar-refractivity contribution in [2.45, 2.75) is 40.2 Å². The van der Waals surface area contributed by atoms with Gasteiger partial charge in [-0.1, -0.05) is 38.5 Å². The topological polar surface area (TPSA) is 66.0 Å². The van der Waals surface area contributed by atoms with Crippen LogP contribution in [0.25, 0.3) is 0 Å². The minimum Gasteiger partial charge on any atom is -0.454 e. The number of alkyl carbamates (subject to hydrolysis) is 1. The van der Waals surface area contributed by atoms with Gasteiger partial charge in [0.15, 0.2) is 11.5 Å². The van der Waals surface area contributed by atoms with Crippen molar-refractivity contribution in [2.24, 2.45) is 23.2 Å². The standard InChI is InChI=1S/C23H31NO5/c1-5-8-24-22(25)27-12-23-11-26-21(20(16(23)4)14(2)9-15(23)3)17-6-7-18-19(10-17)29-13-28-18/h6-7,9-10,15-16,20-21H,5,8,11-13H2,1-4H3,(H,24,25)/t15-,16-,20+,21-,23+/m0/s1. The second kappa shape index (κ2) is 7.90. The van der Waals surface area contributed by atoms with Crippen molar-refractivity contribution in [3.63, 3.8) is 0 Å². The number of allylic oxidation sites excluding steroid dienone is 1. The minimum atomic E-state index is -0.346. The molecule has 1 amide bonds. The largest absolute Gasteiger partial charge is 0.454 e. The van der Waals surface area contributed by atoms with Gasteiger partial charge in [-0.25, -0.2) is 4.79 Å². The van der Waals surface area contributed by atoms with E-state index in [0.29, 0.717) is 25.7 Å². The fraction of sp³-hybridized carbons (Fsp3) is 0.609. The molecule has 6 heteroatoms. The average molecular weight is 402 g/mol. The summed E-state index contributed by atoms with van der Waals surface area (Å²) in [4.78, 5) is 12.1. The molecule has 0 radical (unpaired) electrons. The Labute approximate surface area is 172 Å². The van der Waals surface area contributed by atoms with Crippen LogP contribution in [0.4, 0.5) is 4.79 Å². The zero-order valence-corrected chi connectivity index (χ0v) is 17.7. The first kappa shape index (κ1) is 20.1. The molecular weight excluding hydrogens is 370 g/mol. The van der Waals surface area contributed by atoms with Crippen LogP contribution in [0.1, 0.15) is 45.8 Å². The van der Waals surface area contributed by atoms with E-state index in [-0.39, 0.29) is 36.2 Å². The number of ether oxygens (including phenoxy) is 4. The molecule has 3 aliphatic rings. The number of hydrogen-bond donors (Lipinski definition) is 1. The Morgan fingerprint density at radius 1 is 1.28 bits per heavy atom. The molecule has 4 rings (SSSR count). The van der Waals surface area contributed by atoms with Crippen LogP contribution in [0.3, 0.4) is 0 Å². The fourth-order valence-corrected chi connectivity index (χ4v) is 5.13. The summed E-state index contributed by atoms with van der Waals surface area (Å²) in [5, 5.41) is 2.80. The van der Waals surface area contributed by atoms with Crippen molar-refractivity contribution >= 4 is 6.09 Å². The highest BCUT2D eigenvalue weighted by Crippen LogP contribution is 2.56. The number of fused-ring (bicyclic) bond motifs is 3. The lowest BCUT2D eigenvalue weighted by Crippen LogP contribution is -2.54. The van der Waals surface area contributed by atoms with Gasteiger partial charge in [0, 0.05) is 17.9 Å². The van der Waals surface area contributed by atoms with Gasteiger partial charge < -0.3 is 24.3 Å². The number of amides is 1. The van der Waals surface area contributed by atoms with Crippen molar-refractivity contribution in [3.05, 3.63) is 35.4 Å². The van der Waals surface area contributed by atoms with Crippen molar-refractivity contribution in [1.82, 2.24) is 5.32 Å². The Bertz CT molecular complexity index is 806. The van der Waals surface area contributed by atoms with Gasteiger partial charge in [-0.05, 0) is 42.9 Å². The van der Waals surface area contributed by atoms with Crippen LogP contribution in [-0.2, 0) is 9.47 Å². The Hall–Kier alpha value is -2.21. The van der Waals surface area contributed by atoms with Crippen LogP contribution in [0.2, 0.25) is 0 Å². The summed E-state index contributed by atoms with van der Waals surface area (Å²) in [5.74, 6) is 2.36. The molecule has 29 heavy (non-hydrogen) atoms. The van der Waals surface area contributed by atoms with E-state index in [2.05, 4.69) is 38.2 Å². The van der Waals surface area contributed by atoms with E-state index in [1.54, 1.807) is 0 Å². The van der Waals surface area contributed by atoms with E-state index in [1.165, 1.54) is 5.57 Å². The highest BCUT2D eigenvalue weighted by Gasteiger charge is 2.54. The van der Waals surface area contributed by atoms with E-state index in [9.17, 15) is 4.79 Å². The van der Waals surface area contributed by atoms with E-state index in [1.807, 2.05) is 19.1 Å². The minimum absolute atomic E-state index is 0.0507. The average Bonchev–Trinajstić information content (AvgIpc) is 3.17. The van der Waals surface area contributed by atoms with Crippen LogP contribution in [0.5, 0.6) is 11.5 Å². The van der Waals surface area contributed by atoms with Gasteiger partial charge in [-0.15, -0.1) is 0 Å². The Kier molecular flexibility index (Phi) is 5.47. The summed E-state index contributed by atoms with van der Waals surface area (Å²) in [5.41, 5.74) is 2.21. The van der Waals surface area contributed by atoms with E-state index < -0.39 is 0 Å². The van der Waals surface area contributed by atoms with Gasteiger partial charge in [0.05, 0.1) is 12.7 Å². The lowest BCUT2D eigenvalue weighted by atomic mass is 9.56. The quantitative estimate of drug-likeness (QED) is 0.738. The third-order valence-corrected chi connectivity index (χ3v) is 6.97. The van der Waals surface area contributed by atoms with E-state index in [4.69, 9.17) is 18.9 Å². The third-order valence-electron chi connectivity index (χ3n) is 6.97. The molecule has 1 aliphatic carbocycles. The first-order valence-corrected chi connectivity index (χ1v) is 10.6. The maximum atomic E-state index is 12.1. The molecule has 5 atom stereocenters. The van der Waals surface area contributed by atoms with Gasteiger partial charge in [0.1, 0.15) is 6.61 Å². The monoisotopic (exact) mass is 401 g/mol. The van der Waals surface area contributed by atoms with Crippen LogP contribution >= 0.6 is 0 Å². The zero-order chi connectivity index (χ0) is 20.6. The van der Waals surface area contributed by atoms with E-state index >= 15 is 0 Å². The number of nitrogens with one attached hydrogen (secondary N) is 1. The Morgan fingerprint density at radius 2 is 2.07 bits per heavy atom.